The fourth-order valence-corrected chi connectivity index (χ4v) is 3.86. The second-order valence-corrected chi connectivity index (χ2v) is 8.34. The molecule has 3 aromatic rings. The van der Waals surface area contributed by atoms with Crippen LogP contribution in [-0.2, 0) is 19.4 Å². The van der Waals surface area contributed by atoms with Crippen LogP contribution >= 0.6 is 11.6 Å². The minimum atomic E-state index is -3.19. The van der Waals surface area contributed by atoms with Crippen LogP contribution in [0.4, 0.5) is 8.78 Å². The Morgan fingerprint density at radius 2 is 2.10 bits per heavy atom. The number of nitrogens with zero attached hydrogens (tertiary/aromatic N) is 5. The summed E-state index contributed by atoms with van der Waals surface area (Å²) in [7, 11) is 1.53. The molecular weight excluding hydrogens is 424 g/mol. The van der Waals surface area contributed by atoms with Crippen molar-refractivity contribution in [1.29, 1.82) is 5.26 Å². The zero-order chi connectivity index (χ0) is 22.3. The minimum absolute atomic E-state index is 0.0134. The average molecular weight is 444 g/mol. The summed E-state index contributed by atoms with van der Waals surface area (Å²) in [5, 5.41) is 17.8. The topological polar surface area (TPSA) is 76.5 Å². The lowest BCUT2D eigenvalue weighted by Crippen LogP contribution is -2.11. The number of aromatic nitrogens is 4. The quantitative estimate of drug-likeness (QED) is 0.477. The van der Waals surface area contributed by atoms with Gasteiger partial charge in [0.05, 0.1) is 23.7 Å². The third kappa shape index (κ3) is 4.23. The first-order valence-corrected chi connectivity index (χ1v) is 10.3. The van der Waals surface area contributed by atoms with Gasteiger partial charge in [-0.2, -0.15) is 24.2 Å². The maximum Gasteiger partial charge on any atom is 0.289 e. The summed E-state index contributed by atoms with van der Waals surface area (Å²) in [6.07, 6.45) is 5.65. The van der Waals surface area contributed by atoms with Gasteiger partial charge in [0.25, 0.3) is 5.92 Å². The number of hydrogen-bond donors (Lipinski definition) is 0. The Morgan fingerprint density at radius 1 is 1.35 bits per heavy atom. The number of Topliss-reactive ketones (excluding diaryl/α,β-unsaturated/α-hetero) is 1. The zero-order valence-corrected chi connectivity index (χ0v) is 17.8. The molecule has 2 aromatic heterocycles. The summed E-state index contributed by atoms with van der Waals surface area (Å²) in [6.45, 7) is 0.752. The third-order valence-corrected chi connectivity index (χ3v) is 5.68. The Bertz CT molecular complexity index is 1200. The molecule has 0 unspecified atom stereocenters. The van der Waals surface area contributed by atoms with Gasteiger partial charge in [0.15, 0.2) is 11.6 Å². The van der Waals surface area contributed by atoms with E-state index in [1.165, 1.54) is 16.4 Å². The Morgan fingerprint density at radius 3 is 2.74 bits per heavy atom. The molecule has 160 valence electrons. The van der Waals surface area contributed by atoms with Crippen molar-refractivity contribution >= 4 is 17.4 Å². The number of rotatable bonds is 7. The van der Waals surface area contributed by atoms with Crippen molar-refractivity contribution < 1.29 is 13.6 Å². The first-order chi connectivity index (χ1) is 14.7. The minimum Gasteiger partial charge on any atom is -0.294 e. The number of aryl methyl sites for hydroxylation is 1. The van der Waals surface area contributed by atoms with Crippen LogP contribution in [0.5, 0.6) is 0 Å². The van der Waals surface area contributed by atoms with E-state index < -0.39 is 11.6 Å². The van der Waals surface area contributed by atoms with E-state index in [4.69, 9.17) is 16.9 Å². The number of alkyl halides is 2. The van der Waals surface area contributed by atoms with Gasteiger partial charge in [0, 0.05) is 43.3 Å². The fraction of sp³-hybridized carbons (Fsp3) is 0.364. The van der Waals surface area contributed by atoms with E-state index in [-0.39, 0.29) is 17.8 Å². The molecule has 1 aliphatic carbocycles. The van der Waals surface area contributed by atoms with Crippen LogP contribution in [0.2, 0.25) is 5.02 Å². The van der Waals surface area contributed by atoms with Gasteiger partial charge in [-0.3, -0.25) is 9.48 Å². The first-order valence-electron chi connectivity index (χ1n) is 9.88. The monoisotopic (exact) mass is 443 g/mol. The number of ketones is 1. The van der Waals surface area contributed by atoms with E-state index in [1.54, 1.807) is 30.6 Å². The van der Waals surface area contributed by atoms with Gasteiger partial charge < -0.3 is 0 Å². The van der Waals surface area contributed by atoms with Crippen molar-refractivity contribution in [1.82, 2.24) is 19.6 Å². The Balaban J connectivity index is 1.72. The number of halogens is 3. The molecule has 0 N–H and O–H groups in total. The van der Waals surface area contributed by atoms with Crippen molar-refractivity contribution in [3.05, 3.63) is 52.4 Å². The van der Waals surface area contributed by atoms with Crippen molar-refractivity contribution in [2.24, 2.45) is 13.0 Å². The summed E-state index contributed by atoms with van der Waals surface area (Å²) in [6, 6.07) is 7.12. The molecule has 0 saturated heterocycles. The van der Waals surface area contributed by atoms with Crippen molar-refractivity contribution in [2.45, 2.75) is 38.5 Å². The molecule has 1 aromatic carbocycles. The highest BCUT2D eigenvalue weighted by atomic mass is 35.5. The summed E-state index contributed by atoms with van der Waals surface area (Å²) in [5.41, 5.74) is 1.58. The average Bonchev–Trinajstić information content (AvgIpc) is 3.26. The zero-order valence-electron chi connectivity index (χ0n) is 17.1. The normalized spacial score (nSPS) is 13.9. The lowest BCUT2D eigenvalue weighted by atomic mass is 10.0. The smallest absolute Gasteiger partial charge is 0.289 e. The molecule has 0 radical (unpaired) electrons. The van der Waals surface area contributed by atoms with E-state index in [2.05, 4.69) is 10.2 Å². The molecule has 2 heterocycles. The summed E-state index contributed by atoms with van der Waals surface area (Å²) in [5.74, 6) is -2.43. The molecule has 6 nitrogen and oxygen atoms in total. The SMILES string of the molecule is Cn1nc(C(C)(F)F)c(CC#N)c1-n1cc(-c2ccc(Cl)c(C(=O)CC3CC3)c2)cn1. The molecule has 0 atom stereocenters. The van der Waals surface area contributed by atoms with Gasteiger partial charge in [-0.15, -0.1) is 0 Å². The highest BCUT2D eigenvalue weighted by Crippen LogP contribution is 2.36. The molecule has 1 saturated carbocycles. The molecule has 0 amide bonds. The largest absolute Gasteiger partial charge is 0.294 e. The highest BCUT2D eigenvalue weighted by Gasteiger charge is 2.34. The van der Waals surface area contributed by atoms with Crippen LogP contribution in [0.25, 0.3) is 16.9 Å². The van der Waals surface area contributed by atoms with E-state index in [0.29, 0.717) is 34.3 Å². The van der Waals surface area contributed by atoms with Gasteiger partial charge in [-0.1, -0.05) is 17.7 Å². The van der Waals surface area contributed by atoms with Gasteiger partial charge in [0.1, 0.15) is 5.69 Å². The second kappa shape index (κ2) is 7.89. The Kier molecular flexibility index (Phi) is 5.40. The number of benzene rings is 1. The Hall–Kier alpha value is -3.05. The number of hydrogen-bond acceptors (Lipinski definition) is 4. The van der Waals surface area contributed by atoms with Crippen molar-refractivity contribution in [3.8, 4) is 23.0 Å². The van der Waals surface area contributed by atoms with Gasteiger partial charge in [-0.25, -0.2) is 4.68 Å². The lowest BCUT2D eigenvalue weighted by Gasteiger charge is -2.08. The highest BCUT2D eigenvalue weighted by molar-refractivity contribution is 6.34. The molecule has 1 fully saturated rings. The predicted molar refractivity (Wildman–Crippen MR) is 111 cm³/mol. The molecule has 4 rings (SSSR count). The number of carbonyl (C=O) groups excluding carboxylic acids is 1. The van der Waals surface area contributed by atoms with Crippen molar-refractivity contribution in [2.75, 3.05) is 0 Å². The van der Waals surface area contributed by atoms with Crippen LogP contribution in [0, 0.1) is 17.2 Å². The lowest BCUT2D eigenvalue weighted by molar-refractivity contribution is 0.0114. The fourth-order valence-electron chi connectivity index (χ4n) is 3.64. The third-order valence-electron chi connectivity index (χ3n) is 5.35. The molecule has 1 aliphatic rings. The van der Waals surface area contributed by atoms with Gasteiger partial charge >= 0.3 is 0 Å². The first kappa shape index (κ1) is 21.2. The summed E-state index contributed by atoms with van der Waals surface area (Å²) >= 11 is 6.25. The van der Waals surface area contributed by atoms with Crippen LogP contribution in [0.15, 0.2) is 30.6 Å². The molecule has 0 spiro atoms. The van der Waals surface area contributed by atoms with Crippen LogP contribution in [-0.4, -0.2) is 25.3 Å². The standard InChI is InChI=1S/C22H20ClF2N5O/c1-22(24,25)20-16(7-8-26)21(29(2)28-20)30-12-15(11-27-30)14-5-6-18(23)17(10-14)19(31)9-13-3-4-13/h5-6,10-13H,3-4,7,9H2,1-2H3. The van der Waals surface area contributed by atoms with E-state index in [0.717, 1.165) is 25.3 Å². The second-order valence-electron chi connectivity index (χ2n) is 7.94. The van der Waals surface area contributed by atoms with Crippen LogP contribution in [0.3, 0.4) is 0 Å². The summed E-state index contributed by atoms with van der Waals surface area (Å²) in [4.78, 5) is 12.6. The van der Waals surface area contributed by atoms with Crippen LogP contribution < -0.4 is 0 Å². The molecule has 0 bridgehead atoms. The van der Waals surface area contributed by atoms with E-state index >= 15 is 0 Å². The number of nitriles is 1. The van der Waals surface area contributed by atoms with Crippen molar-refractivity contribution in [3.63, 3.8) is 0 Å². The molecule has 9 heteroatoms. The van der Waals surface area contributed by atoms with Crippen LogP contribution in [0.1, 0.15) is 47.8 Å². The van der Waals surface area contributed by atoms with Gasteiger partial charge in [0.2, 0.25) is 0 Å². The maximum atomic E-state index is 14.0. The summed E-state index contributed by atoms with van der Waals surface area (Å²) < 4.78 is 30.7. The van der Waals surface area contributed by atoms with Gasteiger partial charge in [-0.05, 0) is 36.5 Å². The Labute approximate surface area is 183 Å². The number of carbonyl (C=O) groups is 1. The molecule has 31 heavy (non-hydrogen) atoms. The molecule has 0 aliphatic heterocycles. The van der Waals surface area contributed by atoms with E-state index in [9.17, 15) is 13.6 Å². The maximum absolute atomic E-state index is 14.0. The predicted octanol–water partition coefficient (Wildman–Crippen LogP) is 5.09. The van der Waals surface area contributed by atoms with E-state index in [1.807, 2.05) is 6.07 Å². The molecular formula is C22H20ClF2N5O.